The van der Waals surface area contributed by atoms with Crippen LogP contribution in [0, 0.1) is 0 Å². The number of nitrogens with one attached hydrogen (secondary N) is 1. The lowest BCUT2D eigenvalue weighted by Crippen LogP contribution is -2.29. The van der Waals surface area contributed by atoms with E-state index in [0.29, 0.717) is 6.54 Å². The zero-order valence-electron chi connectivity index (χ0n) is 12.4. The Morgan fingerprint density at radius 2 is 2.05 bits per heavy atom. The Morgan fingerprint density at radius 1 is 1.27 bits per heavy atom. The van der Waals surface area contributed by atoms with Crippen molar-refractivity contribution in [3.63, 3.8) is 0 Å². The van der Waals surface area contributed by atoms with Gasteiger partial charge in [0.25, 0.3) is 5.91 Å². The van der Waals surface area contributed by atoms with Gasteiger partial charge in [-0.1, -0.05) is 43.7 Å². The molecule has 1 N–H and O–H groups in total. The minimum atomic E-state index is -0.580. The lowest BCUT2D eigenvalue weighted by atomic mass is 10.2. The first-order chi connectivity index (χ1) is 10.7. The summed E-state index contributed by atoms with van der Waals surface area (Å²) in [5.74, 6) is -0.871. The van der Waals surface area contributed by atoms with Crippen LogP contribution in [0.3, 0.4) is 0 Å². The van der Waals surface area contributed by atoms with Gasteiger partial charge in [-0.05, 0) is 6.42 Å². The van der Waals surface area contributed by atoms with E-state index in [1.807, 2.05) is 37.3 Å². The Bertz CT molecular complexity index is 625. The molecule has 0 aliphatic heterocycles. The fourth-order valence-electron chi connectivity index (χ4n) is 1.74. The van der Waals surface area contributed by atoms with Crippen molar-refractivity contribution in [1.29, 1.82) is 0 Å². The summed E-state index contributed by atoms with van der Waals surface area (Å²) in [5.41, 5.74) is 1.18. The predicted octanol–water partition coefficient (Wildman–Crippen LogP) is 2.88. The number of ether oxygens (including phenoxy) is 1. The minimum Gasteiger partial charge on any atom is -0.451 e. The highest BCUT2D eigenvalue weighted by atomic mass is 32.1. The molecule has 1 aromatic heterocycles. The number of hydrogen-bond donors (Lipinski definition) is 1. The van der Waals surface area contributed by atoms with Crippen LogP contribution >= 0.6 is 11.3 Å². The average molecular weight is 318 g/mol. The number of nitrogens with zero attached hydrogens (tertiary/aromatic N) is 1. The molecule has 0 saturated carbocycles. The highest BCUT2D eigenvalue weighted by Crippen LogP contribution is 2.23. The third-order valence-electron chi connectivity index (χ3n) is 2.92. The van der Waals surface area contributed by atoms with Crippen LogP contribution in [-0.4, -0.2) is 30.0 Å². The van der Waals surface area contributed by atoms with Crippen LogP contribution in [0.1, 0.15) is 30.3 Å². The second kappa shape index (κ2) is 8.29. The number of unbranched alkanes of at least 4 members (excludes halogenated alkanes) is 1. The van der Waals surface area contributed by atoms with Gasteiger partial charge in [0, 0.05) is 17.5 Å². The molecule has 0 saturated heterocycles. The predicted molar refractivity (Wildman–Crippen MR) is 85.8 cm³/mol. The van der Waals surface area contributed by atoms with Gasteiger partial charge in [-0.3, -0.25) is 4.79 Å². The van der Waals surface area contributed by atoms with Crippen molar-refractivity contribution < 1.29 is 14.3 Å². The average Bonchev–Trinajstić information content (AvgIpc) is 3.04. The summed E-state index contributed by atoms with van der Waals surface area (Å²) < 4.78 is 4.96. The van der Waals surface area contributed by atoms with Crippen molar-refractivity contribution >= 4 is 23.2 Å². The van der Waals surface area contributed by atoms with Crippen molar-refractivity contribution in [1.82, 2.24) is 10.3 Å². The molecule has 2 rings (SSSR count). The minimum absolute atomic E-state index is 0.227. The Kier molecular flexibility index (Phi) is 6.09. The molecule has 0 aliphatic carbocycles. The van der Waals surface area contributed by atoms with Crippen molar-refractivity contribution in [2.75, 3.05) is 13.2 Å². The molecule has 0 bridgehead atoms. The summed E-state index contributed by atoms with van der Waals surface area (Å²) in [4.78, 5) is 27.6. The summed E-state index contributed by atoms with van der Waals surface area (Å²) in [6, 6.07) is 9.60. The molecule has 1 heterocycles. The number of hydrogen-bond acceptors (Lipinski definition) is 5. The van der Waals surface area contributed by atoms with E-state index in [1.165, 1.54) is 11.3 Å². The topological polar surface area (TPSA) is 68.3 Å². The quantitative estimate of drug-likeness (QED) is 0.629. The molecule has 6 heteroatoms. The van der Waals surface area contributed by atoms with Gasteiger partial charge in [-0.25, -0.2) is 9.78 Å². The first-order valence-corrected chi connectivity index (χ1v) is 8.03. The van der Waals surface area contributed by atoms with Crippen LogP contribution < -0.4 is 5.32 Å². The van der Waals surface area contributed by atoms with E-state index >= 15 is 0 Å². The molecular formula is C16H18N2O3S. The summed E-state index contributed by atoms with van der Waals surface area (Å²) in [7, 11) is 0. The summed E-state index contributed by atoms with van der Waals surface area (Å²) in [6.07, 6.45) is 1.91. The SMILES string of the molecule is CCCCNC(=O)COC(=O)c1csc(-c2ccccc2)n1. The molecule has 116 valence electrons. The van der Waals surface area contributed by atoms with Crippen LogP contribution in [-0.2, 0) is 9.53 Å². The molecule has 0 atom stereocenters. The van der Waals surface area contributed by atoms with Crippen LogP contribution in [0.25, 0.3) is 10.6 Å². The monoisotopic (exact) mass is 318 g/mol. The van der Waals surface area contributed by atoms with Gasteiger partial charge in [0.15, 0.2) is 12.3 Å². The molecule has 0 spiro atoms. The van der Waals surface area contributed by atoms with Gasteiger partial charge >= 0.3 is 5.97 Å². The standard InChI is InChI=1S/C16H18N2O3S/c1-2-3-9-17-14(19)10-21-16(20)13-11-22-15(18-13)12-7-5-4-6-8-12/h4-8,11H,2-3,9-10H2,1H3,(H,17,19). The maximum absolute atomic E-state index is 11.9. The van der Waals surface area contributed by atoms with Crippen molar-refractivity contribution in [3.8, 4) is 10.6 Å². The Hall–Kier alpha value is -2.21. The van der Waals surface area contributed by atoms with E-state index in [1.54, 1.807) is 5.38 Å². The number of aromatic nitrogens is 1. The van der Waals surface area contributed by atoms with E-state index in [0.717, 1.165) is 23.4 Å². The van der Waals surface area contributed by atoms with Crippen molar-refractivity contribution in [2.24, 2.45) is 0 Å². The Labute approximate surface area is 133 Å². The van der Waals surface area contributed by atoms with Gasteiger partial charge in [0.1, 0.15) is 5.01 Å². The first kappa shape index (κ1) is 16.2. The summed E-state index contributed by atoms with van der Waals surface area (Å²) >= 11 is 1.37. The van der Waals surface area contributed by atoms with Crippen molar-refractivity contribution in [2.45, 2.75) is 19.8 Å². The number of rotatable bonds is 7. The number of carbonyl (C=O) groups excluding carboxylic acids is 2. The molecule has 1 aromatic carbocycles. The van der Waals surface area contributed by atoms with Crippen LogP contribution in [0.2, 0.25) is 0 Å². The number of thiazole rings is 1. The molecule has 0 unspecified atom stereocenters. The number of esters is 1. The second-order valence-corrected chi connectivity index (χ2v) is 5.54. The first-order valence-electron chi connectivity index (χ1n) is 7.15. The van der Waals surface area contributed by atoms with E-state index in [9.17, 15) is 9.59 Å². The van der Waals surface area contributed by atoms with Gasteiger partial charge in [-0.15, -0.1) is 11.3 Å². The molecule has 22 heavy (non-hydrogen) atoms. The number of amides is 1. The third kappa shape index (κ3) is 4.66. The molecule has 0 radical (unpaired) electrons. The third-order valence-corrected chi connectivity index (χ3v) is 3.81. The van der Waals surface area contributed by atoms with Gasteiger partial charge in [-0.2, -0.15) is 0 Å². The van der Waals surface area contributed by atoms with E-state index < -0.39 is 5.97 Å². The molecule has 2 aromatic rings. The van der Waals surface area contributed by atoms with Crippen molar-refractivity contribution in [3.05, 3.63) is 41.4 Å². The van der Waals surface area contributed by atoms with Crippen LogP contribution in [0.4, 0.5) is 0 Å². The zero-order valence-corrected chi connectivity index (χ0v) is 13.2. The number of benzene rings is 1. The molecular weight excluding hydrogens is 300 g/mol. The highest BCUT2D eigenvalue weighted by molar-refractivity contribution is 7.13. The van der Waals surface area contributed by atoms with Gasteiger partial charge < -0.3 is 10.1 Å². The molecule has 0 aliphatic rings. The maximum Gasteiger partial charge on any atom is 0.358 e. The van der Waals surface area contributed by atoms with E-state index in [2.05, 4.69) is 10.3 Å². The smallest absolute Gasteiger partial charge is 0.358 e. The Balaban J connectivity index is 1.86. The molecule has 5 nitrogen and oxygen atoms in total. The van der Waals surface area contributed by atoms with Crippen LogP contribution in [0.5, 0.6) is 0 Å². The largest absolute Gasteiger partial charge is 0.451 e. The highest BCUT2D eigenvalue weighted by Gasteiger charge is 2.14. The lowest BCUT2D eigenvalue weighted by molar-refractivity contribution is -0.124. The maximum atomic E-state index is 11.9. The van der Waals surface area contributed by atoms with E-state index in [4.69, 9.17) is 4.74 Å². The normalized spacial score (nSPS) is 10.2. The summed E-state index contributed by atoms with van der Waals surface area (Å²) in [5, 5.41) is 5.08. The van der Waals surface area contributed by atoms with E-state index in [-0.39, 0.29) is 18.2 Å². The molecule has 1 amide bonds. The van der Waals surface area contributed by atoms with Gasteiger partial charge in [0.2, 0.25) is 0 Å². The van der Waals surface area contributed by atoms with Gasteiger partial charge in [0.05, 0.1) is 0 Å². The Morgan fingerprint density at radius 3 is 2.77 bits per heavy atom. The lowest BCUT2D eigenvalue weighted by Gasteiger charge is -2.04. The fraction of sp³-hybridized carbons (Fsp3) is 0.312. The fourth-order valence-corrected chi connectivity index (χ4v) is 2.54. The summed E-state index contributed by atoms with van der Waals surface area (Å²) in [6.45, 7) is 2.36. The molecule has 0 fully saturated rings. The number of carbonyl (C=O) groups is 2. The van der Waals surface area contributed by atoms with Crippen LogP contribution in [0.15, 0.2) is 35.7 Å². The zero-order chi connectivity index (χ0) is 15.8. The second-order valence-electron chi connectivity index (χ2n) is 4.68.